The van der Waals surface area contributed by atoms with Gasteiger partial charge in [-0.3, -0.25) is 13.9 Å². The minimum absolute atomic E-state index is 0.0225. The Hall–Kier alpha value is -3.43. The number of nitrogens with one attached hydrogen (secondary N) is 1. The van der Waals surface area contributed by atoms with Gasteiger partial charge in [0.15, 0.2) is 0 Å². The molecule has 0 spiro atoms. The first-order valence-electron chi connectivity index (χ1n) is 14.1. The van der Waals surface area contributed by atoms with Gasteiger partial charge in [0.2, 0.25) is 21.8 Å². The van der Waals surface area contributed by atoms with Gasteiger partial charge in [0.25, 0.3) is 0 Å². The predicted molar refractivity (Wildman–Crippen MR) is 164 cm³/mol. The van der Waals surface area contributed by atoms with Crippen molar-refractivity contribution in [2.75, 3.05) is 17.1 Å². The van der Waals surface area contributed by atoms with E-state index in [-0.39, 0.29) is 35.6 Å². The molecule has 0 aromatic heterocycles. The lowest BCUT2D eigenvalue weighted by atomic mass is 9.94. The van der Waals surface area contributed by atoms with Crippen molar-refractivity contribution in [3.8, 4) is 0 Å². The summed E-state index contributed by atoms with van der Waals surface area (Å²) in [6.07, 6.45) is 6.17. The van der Waals surface area contributed by atoms with Crippen molar-refractivity contribution in [3.05, 3.63) is 100 Å². The highest BCUT2D eigenvalue weighted by atomic mass is 35.5. The van der Waals surface area contributed by atoms with E-state index in [2.05, 4.69) is 5.32 Å². The van der Waals surface area contributed by atoms with Gasteiger partial charge >= 0.3 is 0 Å². The Labute approximate surface area is 252 Å². The largest absolute Gasteiger partial charge is 0.352 e. The van der Waals surface area contributed by atoms with Crippen LogP contribution < -0.4 is 9.62 Å². The number of amides is 2. The number of carbonyl (C=O) groups is 2. The van der Waals surface area contributed by atoms with E-state index in [1.54, 1.807) is 0 Å². The highest BCUT2D eigenvalue weighted by molar-refractivity contribution is 7.92. The molecule has 1 fully saturated rings. The second kappa shape index (κ2) is 14.2. The zero-order valence-corrected chi connectivity index (χ0v) is 25.5. The molecule has 0 bridgehead atoms. The van der Waals surface area contributed by atoms with Crippen LogP contribution in [0.3, 0.4) is 0 Å². The van der Waals surface area contributed by atoms with Crippen LogP contribution in [0.2, 0.25) is 5.02 Å². The summed E-state index contributed by atoms with van der Waals surface area (Å²) in [4.78, 5) is 29.6. The summed E-state index contributed by atoms with van der Waals surface area (Å²) in [5.74, 6) is -1.55. The van der Waals surface area contributed by atoms with Gasteiger partial charge in [-0.15, -0.1) is 0 Å². The van der Waals surface area contributed by atoms with E-state index in [4.69, 9.17) is 11.6 Å². The Bertz CT molecular complexity index is 1500. The van der Waals surface area contributed by atoms with Gasteiger partial charge < -0.3 is 10.2 Å². The number of hydrogen-bond donors (Lipinski definition) is 1. The molecule has 0 heterocycles. The molecule has 0 unspecified atom stereocenters. The standard InChI is InChI=1S/C32H37ClFN3O4S/c1-23-10-9-13-25(18-23)21-36(31(38)22-37(42(2,40)41)27-16-17-29(34)28(33)20-27)30(19-24-11-5-3-6-12-24)32(39)35-26-14-7-4-8-15-26/h3,5-6,9-13,16-18,20,26,30H,4,7-8,14-15,19,21-22H2,1-2H3,(H,35,39)/t30-/m1/s1. The zero-order chi connectivity index (χ0) is 30.3. The topological polar surface area (TPSA) is 86.8 Å². The van der Waals surface area contributed by atoms with Gasteiger partial charge in [-0.1, -0.05) is 91.0 Å². The number of halogens is 2. The maximum atomic E-state index is 14.2. The summed E-state index contributed by atoms with van der Waals surface area (Å²) in [5, 5.41) is 2.91. The number of sulfonamides is 1. The van der Waals surface area contributed by atoms with E-state index in [0.717, 1.165) is 65.4 Å². The van der Waals surface area contributed by atoms with Crippen LogP contribution in [0, 0.1) is 12.7 Å². The number of benzene rings is 3. The Morgan fingerprint density at radius 3 is 2.31 bits per heavy atom. The molecule has 1 saturated carbocycles. The van der Waals surface area contributed by atoms with Gasteiger partial charge in [0, 0.05) is 19.0 Å². The van der Waals surface area contributed by atoms with Gasteiger partial charge in [0.05, 0.1) is 17.0 Å². The summed E-state index contributed by atoms with van der Waals surface area (Å²) in [6.45, 7) is 1.45. The van der Waals surface area contributed by atoms with Crippen molar-refractivity contribution < 1.29 is 22.4 Å². The quantitative estimate of drug-likeness (QED) is 0.303. The van der Waals surface area contributed by atoms with Gasteiger partial charge in [-0.05, 0) is 49.1 Å². The van der Waals surface area contributed by atoms with Crippen LogP contribution in [0.1, 0.15) is 48.8 Å². The number of hydrogen-bond acceptors (Lipinski definition) is 4. The third-order valence-corrected chi connectivity index (χ3v) is 8.96. The fraction of sp³-hybridized carbons (Fsp3) is 0.375. The summed E-state index contributed by atoms with van der Waals surface area (Å²) < 4.78 is 40.6. The van der Waals surface area contributed by atoms with E-state index >= 15 is 0 Å². The molecule has 2 amide bonds. The van der Waals surface area contributed by atoms with Crippen molar-refractivity contribution in [3.63, 3.8) is 0 Å². The van der Waals surface area contributed by atoms with E-state index in [9.17, 15) is 22.4 Å². The lowest BCUT2D eigenvalue weighted by Crippen LogP contribution is -2.55. The van der Waals surface area contributed by atoms with E-state index in [1.807, 2.05) is 61.5 Å². The van der Waals surface area contributed by atoms with Crippen molar-refractivity contribution in [1.82, 2.24) is 10.2 Å². The lowest BCUT2D eigenvalue weighted by Gasteiger charge is -2.35. The molecule has 10 heteroatoms. The van der Waals surface area contributed by atoms with Gasteiger partial charge in [-0.25, -0.2) is 12.8 Å². The second-order valence-corrected chi connectivity index (χ2v) is 13.2. The van der Waals surface area contributed by atoms with Crippen LogP contribution >= 0.6 is 11.6 Å². The molecule has 1 aliphatic rings. The normalized spacial score (nSPS) is 14.7. The van der Waals surface area contributed by atoms with E-state index < -0.39 is 34.3 Å². The summed E-state index contributed by atoms with van der Waals surface area (Å²) in [7, 11) is -3.98. The molecule has 3 aromatic carbocycles. The van der Waals surface area contributed by atoms with Crippen molar-refractivity contribution in [2.24, 2.45) is 0 Å². The molecule has 0 aliphatic heterocycles. The maximum Gasteiger partial charge on any atom is 0.244 e. The molecule has 0 saturated heterocycles. The smallest absolute Gasteiger partial charge is 0.244 e. The maximum absolute atomic E-state index is 14.2. The third-order valence-electron chi connectivity index (χ3n) is 7.53. The van der Waals surface area contributed by atoms with Crippen LogP contribution in [0.5, 0.6) is 0 Å². The highest BCUT2D eigenvalue weighted by Crippen LogP contribution is 2.26. The van der Waals surface area contributed by atoms with Crippen LogP contribution in [0.25, 0.3) is 0 Å². The van der Waals surface area contributed by atoms with Crippen molar-refractivity contribution in [1.29, 1.82) is 0 Å². The molecule has 0 radical (unpaired) electrons. The molecule has 42 heavy (non-hydrogen) atoms. The SMILES string of the molecule is Cc1cccc(CN(C(=O)CN(c2ccc(F)c(Cl)c2)S(C)(=O)=O)[C@H](Cc2ccccc2)C(=O)NC2CCCCC2)c1. The Morgan fingerprint density at radius 2 is 1.67 bits per heavy atom. The van der Waals surface area contributed by atoms with E-state index in [0.29, 0.717) is 0 Å². The first-order chi connectivity index (χ1) is 20.0. The molecule has 7 nitrogen and oxygen atoms in total. The first kappa shape index (κ1) is 31.5. The summed E-state index contributed by atoms with van der Waals surface area (Å²) in [5.41, 5.74) is 2.72. The minimum Gasteiger partial charge on any atom is -0.352 e. The molecule has 1 aliphatic carbocycles. The van der Waals surface area contributed by atoms with Crippen LogP contribution in [-0.4, -0.2) is 50.0 Å². The predicted octanol–water partition coefficient (Wildman–Crippen LogP) is 5.64. The number of nitrogens with zero attached hydrogens (tertiary/aromatic N) is 2. The van der Waals surface area contributed by atoms with Crippen LogP contribution in [0.15, 0.2) is 72.8 Å². The molecule has 4 rings (SSSR count). The number of carbonyl (C=O) groups excluding carboxylic acids is 2. The van der Waals surface area contributed by atoms with Gasteiger partial charge in [-0.2, -0.15) is 0 Å². The number of aryl methyl sites for hydroxylation is 1. The molecule has 3 aromatic rings. The highest BCUT2D eigenvalue weighted by Gasteiger charge is 2.34. The monoisotopic (exact) mass is 613 g/mol. The van der Waals surface area contributed by atoms with Crippen LogP contribution in [-0.2, 0) is 32.6 Å². The number of rotatable bonds is 11. The van der Waals surface area contributed by atoms with E-state index in [1.165, 1.54) is 17.0 Å². The Balaban J connectivity index is 1.73. The molecule has 1 N–H and O–H groups in total. The summed E-state index contributed by atoms with van der Waals surface area (Å²) in [6, 6.07) is 19.7. The second-order valence-electron chi connectivity index (χ2n) is 10.9. The summed E-state index contributed by atoms with van der Waals surface area (Å²) >= 11 is 5.96. The van der Waals surface area contributed by atoms with Gasteiger partial charge in [0.1, 0.15) is 18.4 Å². The molecular weight excluding hydrogens is 577 g/mol. The van der Waals surface area contributed by atoms with Crippen LogP contribution in [0.4, 0.5) is 10.1 Å². The van der Waals surface area contributed by atoms with Crippen molar-refractivity contribution >= 4 is 39.1 Å². The average Bonchev–Trinajstić information content (AvgIpc) is 2.95. The molecular formula is C32H37ClFN3O4S. The fourth-order valence-corrected chi connectivity index (χ4v) is 6.38. The Morgan fingerprint density at radius 1 is 0.976 bits per heavy atom. The zero-order valence-electron chi connectivity index (χ0n) is 23.9. The number of anilines is 1. The van der Waals surface area contributed by atoms with Crippen molar-refractivity contribution in [2.45, 2.75) is 64.1 Å². The Kier molecular flexibility index (Phi) is 10.6. The minimum atomic E-state index is -3.98. The first-order valence-corrected chi connectivity index (χ1v) is 16.4. The fourth-order valence-electron chi connectivity index (χ4n) is 5.36. The third kappa shape index (κ3) is 8.55. The molecule has 224 valence electrons. The average molecular weight is 614 g/mol. The lowest BCUT2D eigenvalue weighted by molar-refractivity contribution is -0.140. The molecule has 1 atom stereocenters.